The van der Waals surface area contributed by atoms with Crippen molar-refractivity contribution >= 4 is 0 Å². The van der Waals surface area contributed by atoms with Crippen molar-refractivity contribution in [2.24, 2.45) is 5.92 Å². The van der Waals surface area contributed by atoms with Gasteiger partial charge in [0.05, 0.1) is 17.6 Å². The normalized spacial score (nSPS) is 38.1. The van der Waals surface area contributed by atoms with Gasteiger partial charge in [0.1, 0.15) is 6.10 Å². The standard InChI is InChI=1S/C24H33NO3/c1-2-3-13-27-18-9-8-17-14-19-24(26)10-4-5-20-23(24,21(17)22(18)28-20)11-12-25(19)15-16-6-7-16/h8-9,16,19-20,26H,2-7,10-15H2,1H3/t19-,20?,23-,24-/m1/s1. The molecule has 2 saturated carbocycles. The van der Waals surface area contributed by atoms with Crippen LogP contribution in [-0.2, 0) is 11.8 Å². The number of aliphatic hydroxyl groups is 1. The van der Waals surface area contributed by atoms with Crippen molar-refractivity contribution in [3.8, 4) is 11.5 Å². The molecule has 5 aliphatic rings. The largest absolute Gasteiger partial charge is 0.490 e. The second kappa shape index (κ2) is 6.12. The first kappa shape index (κ1) is 17.6. The third-order valence-electron chi connectivity index (χ3n) is 8.40. The molecule has 152 valence electrons. The summed E-state index contributed by atoms with van der Waals surface area (Å²) < 4.78 is 12.8. The van der Waals surface area contributed by atoms with E-state index in [-0.39, 0.29) is 17.6 Å². The molecule has 4 nitrogen and oxygen atoms in total. The van der Waals surface area contributed by atoms with Crippen LogP contribution >= 0.6 is 0 Å². The second-order valence-corrected chi connectivity index (χ2v) is 9.93. The highest BCUT2D eigenvalue weighted by Crippen LogP contribution is 2.65. The summed E-state index contributed by atoms with van der Waals surface area (Å²) >= 11 is 0. The number of ether oxygens (including phenoxy) is 2. The Morgan fingerprint density at radius 1 is 1.25 bits per heavy atom. The van der Waals surface area contributed by atoms with E-state index in [1.807, 2.05) is 0 Å². The van der Waals surface area contributed by atoms with Crippen LogP contribution < -0.4 is 9.47 Å². The van der Waals surface area contributed by atoms with Gasteiger partial charge in [-0.05, 0) is 75.5 Å². The van der Waals surface area contributed by atoms with E-state index in [9.17, 15) is 5.11 Å². The summed E-state index contributed by atoms with van der Waals surface area (Å²) in [5.41, 5.74) is 1.85. The maximum atomic E-state index is 12.3. The molecule has 3 aliphatic carbocycles. The summed E-state index contributed by atoms with van der Waals surface area (Å²) in [7, 11) is 0. The topological polar surface area (TPSA) is 41.9 Å². The number of unbranched alkanes of at least 4 members (excludes halogenated alkanes) is 1. The molecule has 1 aromatic carbocycles. The highest BCUT2D eigenvalue weighted by molar-refractivity contribution is 5.62. The molecule has 1 spiro atoms. The van der Waals surface area contributed by atoms with E-state index in [2.05, 4.69) is 24.0 Å². The second-order valence-electron chi connectivity index (χ2n) is 9.93. The minimum absolute atomic E-state index is 0.113. The van der Waals surface area contributed by atoms with E-state index in [1.165, 1.54) is 30.5 Å². The van der Waals surface area contributed by atoms with Crippen LogP contribution in [0.25, 0.3) is 0 Å². The Balaban J connectivity index is 1.45. The molecule has 0 aromatic heterocycles. The van der Waals surface area contributed by atoms with Crippen LogP contribution in [-0.4, -0.2) is 47.4 Å². The van der Waals surface area contributed by atoms with Gasteiger partial charge in [-0.1, -0.05) is 19.4 Å². The summed E-state index contributed by atoms with van der Waals surface area (Å²) in [5, 5.41) is 12.3. The van der Waals surface area contributed by atoms with Gasteiger partial charge in [0.2, 0.25) is 0 Å². The molecule has 1 aromatic rings. The van der Waals surface area contributed by atoms with Gasteiger partial charge in [-0.2, -0.15) is 0 Å². The highest BCUT2D eigenvalue weighted by atomic mass is 16.5. The summed E-state index contributed by atoms with van der Waals surface area (Å²) in [6.07, 6.45) is 10.1. The molecule has 2 heterocycles. The van der Waals surface area contributed by atoms with Crippen molar-refractivity contribution in [3.05, 3.63) is 23.3 Å². The molecule has 1 N–H and O–H groups in total. The third-order valence-corrected chi connectivity index (χ3v) is 8.40. The fourth-order valence-corrected chi connectivity index (χ4v) is 6.91. The molecule has 0 amide bonds. The Morgan fingerprint density at radius 2 is 2.14 bits per heavy atom. The van der Waals surface area contributed by atoms with Crippen LogP contribution in [0.1, 0.15) is 69.4 Å². The molecule has 2 aliphatic heterocycles. The monoisotopic (exact) mass is 383 g/mol. The summed E-state index contributed by atoms with van der Waals surface area (Å²) in [6.45, 7) is 5.21. The number of piperidine rings is 1. The van der Waals surface area contributed by atoms with Gasteiger partial charge in [0.25, 0.3) is 0 Å². The molecule has 2 bridgehead atoms. The molecule has 4 atom stereocenters. The first-order chi connectivity index (χ1) is 13.7. The lowest BCUT2D eigenvalue weighted by atomic mass is 9.49. The predicted octanol–water partition coefficient (Wildman–Crippen LogP) is 3.82. The van der Waals surface area contributed by atoms with Gasteiger partial charge < -0.3 is 14.6 Å². The minimum Gasteiger partial charge on any atom is -0.490 e. The Morgan fingerprint density at radius 3 is 2.96 bits per heavy atom. The Hall–Kier alpha value is -1.26. The molecule has 28 heavy (non-hydrogen) atoms. The van der Waals surface area contributed by atoms with Gasteiger partial charge in [-0.15, -0.1) is 0 Å². The molecule has 1 saturated heterocycles. The SMILES string of the molecule is CCCCOc1ccc2c3c1OC1CCC[C@@]4(O)[C@@H](C2)N(CC2CC2)CC[C@]314. The van der Waals surface area contributed by atoms with Crippen molar-refractivity contribution in [1.82, 2.24) is 4.90 Å². The lowest BCUT2D eigenvalue weighted by Gasteiger charge is -2.63. The first-order valence-electron chi connectivity index (χ1n) is 11.6. The smallest absolute Gasteiger partial charge is 0.165 e. The molecule has 0 radical (unpaired) electrons. The zero-order valence-electron chi connectivity index (χ0n) is 17.1. The van der Waals surface area contributed by atoms with Crippen molar-refractivity contribution in [3.63, 3.8) is 0 Å². The van der Waals surface area contributed by atoms with Crippen LogP contribution in [0, 0.1) is 5.92 Å². The Labute approximate surface area is 168 Å². The van der Waals surface area contributed by atoms with Crippen LogP contribution in [0.2, 0.25) is 0 Å². The summed E-state index contributed by atoms with van der Waals surface area (Å²) in [4.78, 5) is 2.64. The molecular formula is C24H33NO3. The van der Waals surface area contributed by atoms with Crippen molar-refractivity contribution < 1.29 is 14.6 Å². The Bertz CT molecular complexity index is 790. The molecule has 3 fully saturated rings. The lowest BCUT2D eigenvalue weighted by Crippen LogP contribution is -2.75. The molecule has 4 heteroatoms. The highest BCUT2D eigenvalue weighted by Gasteiger charge is 2.71. The number of likely N-dealkylation sites (tertiary alicyclic amines) is 1. The van der Waals surface area contributed by atoms with Gasteiger partial charge >= 0.3 is 0 Å². The summed E-state index contributed by atoms with van der Waals surface area (Å²) in [6, 6.07) is 4.65. The molecule has 6 rings (SSSR count). The zero-order chi connectivity index (χ0) is 18.9. The lowest BCUT2D eigenvalue weighted by molar-refractivity contribution is -0.185. The number of nitrogens with zero attached hydrogens (tertiary/aromatic N) is 1. The Kier molecular flexibility index (Phi) is 3.84. The fourth-order valence-electron chi connectivity index (χ4n) is 6.91. The van der Waals surface area contributed by atoms with Gasteiger partial charge in [-0.25, -0.2) is 0 Å². The van der Waals surface area contributed by atoms with Crippen LogP contribution in [0.4, 0.5) is 0 Å². The van der Waals surface area contributed by atoms with Crippen molar-refractivity contribution in [2.45, 2.75) is 87.9 Å². The first-order valence-corrected chi connectivity index (χ1v) is 11.6. The van der Waals surface area contributed by atoms with Crippen molar-refractivity contribution in [2.75, 3.05) is 19.7 Å². The van der Waals surface area contributed by atoms with E-state index in [0.29, 0.717) is 0 Å². The minimum atomic E-state index is -0.649. The van der Waals surface area contributed by atoms with Gasteiger partial charge in [0.15, 0.2) is 11.5 Å². The summed E-state index contributed by atoms with van der Waals surface area (Å²) in [5.74, 6) is 2.73. The molecular weight excluding hydrogens is 350 g/mol. The van der Waals surface area contributed by atoms with Crippen LogP contribution in [0.15, 0.2) is 12.1 Å². The van der Waals surface area contributed by atoms with Crippen LogP contribution in [0.5, 0.6) is 11.5 Å². The van der Waals surface area contributed by atoms with E-state index < -0.39 is 5.60 Å². The number of rotatable bonds is 6. The predicted molar refractivity (Wildman–Crippen MR) is 108 cm³/mol. The van der Waals surface area contributed by atoms with E-state index in [0.717, 1.165) is 75.5 Å². The average molecular weight is 384 g/mol. The van der Waals surface area contributed by atoms with Crippen molar-refractivity contribution in [1.29, 1.82) is 0 Å². The van der Waals surface area contributed by atoms with E-state index >= 15 is 0 Å². The number of benzene rings is 1. The van der Waals surface area contributed by atoms with E-state index in [4.69, 9.17) is 9.47 Å². The number of hydrogen-bond acceptors (Lipinski definition) is 4. The van der Waals surface area contributed by atoms with Gasteiger partial charge in [0, 0.05) is 18.2 Å². The zero-order valence-corrected chi connectivity index (χ0v) is 17.1. The quantitative estimate of drug-likeness (QED) is 0.759. The third kappa shape index (κ3) is 2.19. The molecule has 1 unspecified atom stereocenters. The maximum absolute atomic E-state index is 12.3. The maximum Gasteiger partial charge on any atom is 0.165 e. The number of hydrogen-bond donors (Lipinski definition) is 1. The van der Waals surface area contributed by atoms with E-state index in [1.54, 1.807) is 0 Å². The fraction of sp³-hybridized carbons (Fsp3) is 0.750. The van der Waals surface area contributed by atoms with Crippen LogP contribution in [0.3, 0.4) is 0 Å². The average Bonchev–Trinajstić information content (AvgIpc) is 3.43. The van der Waals surface area contributed by atoms with Gasteiger partial charge in [-0.3, -0.25) is 4.90 Å².